The summed E-state index contributed by atoms with van der Waals surface area (Å²) in [5.74, 6) is 1.74. The van der Waals surface area contributed by atoms with Crippen LogP contribution in [0.2, 0.25) is 0 Å². The van der Waals surface area contributed by atoms with E-state index in [0.29, 0.717) is 17.6 Å². The Labute approximate surface area is 198 Å². The number of hydrogen-bond acceptors (Lipinski definition) is 6. The van der Waals surface area contributed by atoms with Crippen LogP contribution in [0, 0.1) is 6.92 Å². The summed E-state index contributed by atoms with van der Waals surface area (Å²) in [5.41, 5.74) is 5.61. The molecule has 6 aromatic rings. The van der Waals surface area contributed by atoms with Gasteiger partial charge in [0, 0.05) is 0 Å². The second-order valence-electron chi connectivity index (χ2n) is 8.14. The molecule has 0 N–H and O–H groups in total. The lowest BCUT2D eigenvalue weighted by Gasteiger charge is -2.26. The fraction of sp³-hybridized carbons (Fsp3) is 0.0769. The van der Waals surface area contributed by atoms with Gasteiger partial charge >= 0.3 is 0 Å². The van der Waals surface area contributed by atoms with Crippen LogP contribution in [0.3, 0.4) is 0 Å². The van der Waals surface area contributed by atoms with Crippen molar-refractivity contribution in [2.24, 2.45) is 0 Å². The molecule has 0 unspecified atom stereocenters. The van der Waals surface area contributed by atoms with Crippen molar-refractivity contribution in [3.63, 3.8) is 0 Å². The maximum atomic E-state index is 6.45. The molecular weight excluding hydrogens is 444 g/mol. The van der Waals surface area contributed by atoms with E-state index in [1.54, 1.807) is 22.2 Å². The molecule has 0 aliphatic carbocycles. The van der Waals surface area contributed by atoms with Gasteiger partial charge in [-0.05, 0) is 36.1 Å². The minimum Gasteiger partial charge on any atom is -0.420 e. The van der Waals surface area contributed by atoms with Gasteiger partial charge in [-0.2, -0.15) is 5.10 Å². The van der Waals surface area contributed by atoms with Gasteiger partial charge in [-0.25, -0.2) is 19.2 Å². The van der Waals surface area contributed by atoms with Crippen molar-refractivity contribution in [1.82, 2.24) is 29.4 Å². The molecule has 0 saturated carbocycles. The quantitative estimate of drug-likeness (QED) is 0.340. The molecule has 0 spiro atoms. The maximum absolute atomic E-state index is 6.45. The zero-order valence-corrected chi connectivity index (χ0v) is 19.0. The second-order valence-corrected chi connectivity index (χ2v) is 9.09. The van der Waals surface area contributed by atoms with Crippen molar-refractivity contribution in [3.8, 4) is 28.1 Å². The fourth-order valence-electron chi connectivity index (χ4n) is 4.61. The summed E-state index contributed by atoms with van der Waals surface area (Å²) in [6.07, 6.45) is 1.67. The maximum Gasteiger partial charge on any atom is 0.230 e. The van der Waals surface area contributed by atoms with E-state index in [0.717, 1.165) is 38.6 Å². The van der Waals surface area contributed by atoms with Crippen molar-refractivity contribution < 1.29 is 4.74 Å². The summed E-state index contributed by atoms with van der Waals surface area (Å²) in [5, 5.41) is 11.6. The van der Waals surface area contributed by atoms with E-state index in [1.165, 1.54) is 0 Å². The summed E-state index contributed by atoms with van der Waals surface area (Å²) >= 11 is 1.61. The Kier molecular flexibility index (Phi) is 4.16. The molecule has 2 aromatic carbocycles. The average molecular weight is 463 g/mol. The van der Waals surface area contributed by atoms with Gasteiger partial charge in [0.15, 0.2) is 11.5 Å². The standard InChI is InChI=1S/C26H18N6OS/c1-16-20-21(17-9-4-2-5-10-17)22-24-28-23(19-13-8-14-34-19)30-31(24)15-27-25(22)33-26(20)32(29-16)18-11-6-3-7-12-18/h2-15,21H,1H3/t21-/m1/s1. The predicted octanol–water partition coefficient (Wildman–Crippen LogP) is 5.63. The van der Waals surface area contributed by atoms with Gasteiger partial charge < -0.3 is 4.74 Å². The van der Waals surface area contributed by atoms with Crippen molar-refractivity contribution in [1.29, 1.82) is 0 Å². The van der Waals surface area contributed by atoms with Gasteiger partial charge in [0.2, 0.25) is 11.8 Å². The topological polar surface area (TPSA) is 70.1 Å². The minimum atomic E-state index is -0.144. The van der Waals surface area contributed by atoms with Crippen LogP contribution in [0.15, 0.2) is 84.5 Å². The second kappa shape index (κ2) is 7.36. The normalized spacial score (nSPS) is 14.6. The van der Waals surface area contributed by atoms with Crippen molar-refractivity contribution in [3.05, 3.63) is 107 Å². The first-order valence-corrected chi connectivity index (χ1v) is 11.8. The number of hydrogen-bond donors (Lipinski definition) is 0. The molecule has 164 valence electrons. The highest BCUT2D eigenvalue weighted by Gasteiger charge is 2.38. The van der Waals surface area contributed by atoms with Gasteiger partial charge in [0.1, 0.15) is 6.33 Å². The highest BCUT2D eigenvalue weighted by atomic mass is 32.1. The third kappa shape index (κ3) is 2.82. The van der Waals surface area contributed by atoms with E-state index in [2.05, 4.69) is 29.2 Å². The molecule has 1 atom stereocenters. The summed E-state index contributed by atoms with van der Waals surface area (Å²) < 4.78 is 10.1. The average Bonchev–Trinajstić information content (AvgIpc) is 3.63. The number of para-hydroxylation sites is 1. The number of fused-ring (bicyclic) bond motifs is 4. The van der Waals surface area contributed by atoms with Crippen molar-refractivity contribution >= 4 is 17.0 Å². The zero-order chi connectivity index (χ0) is 22.6. The van der Waals surface area contributed by atoms with Crippen molar-refractivity contribution in [2.45, 2.75) is 12.8 Å². The van der Waals surface area contributed by atoms with Crippen LogP contribution in [-0.2, 0) is 0 Å². The van der Waals surface area contributed by atoms with Crippen LogP contribution in [0.5, 0.6) is 11.8 Å². The third-order valence-electron chi connectivity index (χ3n) is 6.10. The van der Waals surface area contributed by atoms with Crippen LogP contribution in [0.1, 0.15) is 28.3 Å². The Morgan fingerprint density at radius 2 is 1.68 bits per heavy atom. The number of ether oxygens (including phenoxy) is 1. The SMILES string of the molecule is Cc1nn(-c2ccccc2)c2c1[C@@H](c1ccccc1)c1c(ncn3nc(-c4cccs4)nc13)O2. The van der Waals surface area contributed by atoms with E-state index < -0.39 is 0 Å². The molecule has 34 heavy (non-hydrogen) atoms. The number of thiophene rings is 1. The van der Waals surface area contributed by atoms with E-state index in [1.807, 2.05) is 65.5 Å². The summed E-state index contributed by atoms with van der Waals surface area (Å²) in [4.78, 5) is 10.6. The largest absolute Gasteiger partial charge is 0.420 e. The highest BCUT2D eigenvalue weighted by Crippen LogP contribution is 2.49. The first-order valence-electron chi connectivity index (χ1n) is 10.9. The summed E-state index contributed by atoms with van der Waals surface area (Å²) in [7, 11) is 0. The number of nitrogens with zero attached hydrogens (tertiary/aromatic N) is 6. The van der Waals surface area contributed by atoms with Gasteiger partial charge in [-0.15, -0.1) is 16.4 Å². The number of aryl methyl sites for hydroxylation is 1. The van der Waals surface area contributed by atoms with Crippen molar-refractivity contribution in [2.75, 3.05) is 0 Å². The van der Waals surface area contributed by atoms with Gasteiger partial charge in [-0.3, -0.25) is 0 Å². The number of rotatable bonds is 3. The number of aromatic nitrogens is 6. The van der Waals surface area contributed by atoms with E-state index >= 15 is 0 Å². The van der Waals surface area contributed by atoms with Gasteiger partial charge in [-0.1, -0.05) is 54.6 Å². The molecule has 0 radical (unpaired) electrons. The lowest BCUT2D eigenvalue weighted by molar-refractivity contribution is 0.402. The van der Waals surface area contributed by atoms with Crippen LogP contribution in [0.25, 0.3) is 22.0 Å². The third-order valence-corrected chi connectivity index (χ3v) is 6.96. The lowest BCUT2D eigenvalue weighted by atomic mass is 9.84. The van der Waals surface area contributed by atoms with Crippen LogP contribution in [-0.4, -0.2) is 29.4 Å². The van der Waals surface area contributed by atoms with E-state index in [-0.39, 0.29) is 5.92 Å². The molecule has 4 aromatic heterocycles. The van der Waals surface area contributed by atoms with Crippen LogP contribution < -0.4 is 4.74 Å². The Morgan fingerprint density at radius 3 is 2.44 bits per heavy atom. The first-order chi connectivity index (χ1) is 16.8. The van der Waals surface area contributed by atoms with Crippen LogP contribution in [0.4, 0.5) is 0 Å². The molecule has 7 nitrogen and oxygen atoms in total. The van der Waals surface area contributed by atoms with E-state index in [4.69, 9.17) is 19.9 Å². The molecule has 0 bridgehead atoms. The van der Waals surface area contributed by atoms with Crippen LogP contribution >= 0.6 is 11.3 Å². The molecule has 1 aliphatic rings. The Morgan fingerprint density at radius 1 is 0.882 bits per heavy atom. The molecule has 8 heteroatoms. The Balaban J connectivity index is 1.51. The first kappa shape index (κ1) is 19.2. The summed E-state index contributed by atoms with van der Waals surface area (Å²) in [6.45, 7) is 2.02. The molecular formula is C26H18N6OS. The lowest BCUT2D eigenvalue weighted by Crippen LogP contribution is -2.16. The predicted molar refractivity (Wildman–Crippen MR) is 130 cm³/mol. The molecule has 0 fully saturated rings. The number of benzene rings is 2. The fourth-order valence-corrected chi connectivity index (χ4v) is 5.26. The molecule has 0 amide bonds. The summed E-state index contributed by atoms with van der Waals surface area (Å²) in [6, 6.07) is 24.4. The smallest absolute Gasteiger partial charge is 0.230 e. The minimum absolute atomic E-state index is 0.144. The monoisotopic (exact) mass is 462 g/mol. The van der Waals surface area contributed by atoms with Gasteiger partial charge in [0.05, 0.1) is 33.3 Å². The van der Waals surface area contributed by atoms with E-state index in [9.17, 15) is 0 Å². The zero-order valence-electron chi connectivity index (χ0n) is 18.2. The molecule has 1 aliphatic heterocycles. The molecule has 7 rings (SSSR count). The van der Waals surface area contributed by atoms with Gasteiger partial charge in [0.25, 0.3) is 0 Å². The Hall–Kier alpha value is -4.30. The molecule has 0 saturated heterocycles. The highest BCUT2D eigenvalue weighted by molar-refractivity contribution is 7.13. The molecule has 5 heterocycles. The Bertz CT molecular complexity index is 1640.